The second kappa shape index (κ2) is 4.33. The van der Waals surface area contributed by atoms with Crippen LogP contribution in [0.5, 0.6) is 0 Å². The lowest BCUT2D eigenvalue weighted by molar-refractivity contribution is -0.135. The number of carbonyl (C=O) groups is 2. The molecule has 0 N–H and O–H groups in total. The van der Waals surface area contributed by atoms with E-state index in [2.05, 4.69) is 4.74 Å². The van der Waals surface area contributed by atoms with Crippen LogP contribution < -0.4 is 0 Å². The van der Waals surface area contributed by atoms with Crippen LogP contribution >= 0.6 is 0 Å². The molecule has 0 fully saturated rings. The van der Waals surface area contributed by atoms with Crippen LogP contribution in [0.4, 0.5) is 4.39 Å². The van der Waals surface area contributed by atoms with Crippen molar-refractivity contribution < 1.29 is 18.7 Å². The Morgan fingerprint density at radius 1 is 1.47 bits per heavy atom. The Morgan fingerprint density at radius 2 is 2.13 bits per heavy atom. The number of carbonyl (C=O) groups excluding carboxylic acids is 2. The molecule has 0 atom stereocenters. The first-order valence-electron chi connectivity index (χ1n) is 3.92. The summed E-state index contributed by atoms with van der Waals surface area (Å²) >= 11 is 0. The van der Waals surface area contributed by atoms with Crippen molar-refractivity contribution in [1.29, 1.82) is 5.26 Å². The molecule has 76 valence electrons. The summed E-state index contributed by atoms with van der Waals surface area (Å²) in [6.07, 6.45) is 0. The van der Waals surface area contributed by atoms with Gasteiger partial charge in [0.05, 0.1) is 24.3 Å². The fraction of sp³-hybridized carbons (Fsp3) is 0.100. The number of hydrogen-bond acceptors (Lipinski definition) is 4. The molecule has 0 radical (unpaired) electrons. The number of ether oxygens (including phenoxy) is 1. The van der Waals surface area contributed by atoms with Gasteiger partial charge in [-0.25, -0.2) is 9.18 Å². The van der Waals surface area contributed by atoms with Crippen molar-refractivity contribution in [2.24, 2.45) is 0 Å². The summed E-state index contributed by atoms with van der Waals surface area (Å²) in [6.45, 7) is 0. The van der Waals surface area contributed by atoms with Crippen LogP contribution in [0.15, 0.2) is 18.2 Å². The lowest BCUT2D eigenvalue weighted by Gasteiger charge is -2.00. The van der Waals surface area contributed by atoms with E-state index in [0.717, 1.165) is 19.2 Å². The molecule has 0 aliphatic carbocycles. The molecule has 0 aliphatic rings. The van der Waals surface area contributed by atoms with Gasteiger partial charge in [0.1, 0.15) is 5.82 Å². The fourth-order valence-corrected chi connectivity index (χ4v) is 0.971. The average Bonchev–Trinajstić information content (AvgIpc) is 2.26. The van der Waals surface area contributed by atoms with Gasteiger partial charge in [0.15, 0.2) is 0 Å². The number of nitrogens with zero attached hydrogens (tertiary/aromatic N) is 1. The van der Waals surface area contributed by atoms with E-state index in [0.29, 0.717) is 0 Å². The summed E-state index contributed by atoms with van der Waals surface area (Å²) in [6, 6.07) is 4.92. The Morgan fingerprint density at radius 3 is 2.60 bits per heavy atom. The van der Waals surface area contributed by atoms with Crippen molar-refractivity contribution in [2.45, 2.75) is 0 Å². The van der Waals surface area contributed by atoms with Crippen molar-refractivity contribution in [3.63, 3.8) is 0 Å². The minimum atomic E-state index is -1.14. The lowest BCUT2D eigenvalue weighted by Crippen LogP contribution is -2.17. The molecule has 0 unspecified atom stereocenters. The highest BCUT2D eigenvalue weighted by Gasteiger charge is 2.20. The molecule has 1 aromatic rings. The van der Waals surface area contributed by atoms with Crippen molar-refractivity contribution in [3.05, 3.63) is 35.1 Å². The molecule has 0 saturated heterocycles. The lowest BCUT2D eigenvalue weighted by atomic mass is 10.1. The van der Waals surface area contributed by atoms with E-state index in [4.69, 9.17) is 5.26 Å². The fourth-order valence-electron chi connectivity index (χ4n) is 0.971. The molecule has 0 bridgehead atoms. The third-order valence-corrected chi connectivity index (χ3v) is 1.71. The maximum Gasteiger partial charge on any atom is 0.379 e. The first-order chi connectivity index (χ1) is 7.10. The second-order valence-electron chi connectivity index (χ2n) is 2.63. The number of rotatable bonds is 2. The van der Waals surface area contributed by atoms with Crippen molar-refractivity contribution in [1.82, 2.24) is 0 Å². The van der Waals surface area contributed by atoms with Gasteiger partial charge in [0.2, 0.25) is 0 Å². The minimum absolute atomic E-state index is 0.0777. The molecule has 1 aromatic carbocycles. The first-order valence-corrected chi connectivity index (χ1v) is 3.92. The summed E-state index contributed by atoms with van der Waals surface area (Å²) < 4.78 is 17.4. The zero-order valence-electron chi connectivity index (χ0n) is 7.78. The number of ketones is 1. The predicted octanol–water partition coefficient (Wildman–Crippen LogP) is 1.05. The van der Waals surface area contributed by atoms with Gasteiger partial charge in [-0.2, -0.15) is 5.26 Å². The van der Waals surface area contributed by atoms with Gasteiger partial charge in [0.25, 0.3) is 5.78 Å². The number of halogens is 1. The molecular formula is C10H6FNO3. The second-order valence-corrected chi connectivity index (χ2v) is 2.63. The van der Waals surface area contributed by atoms with E-state index in [1.54, 1.807) is 6.07 Å². The standard InChI is InChI=1S/C10H6FNO3/c1-15-10(14)9(13)7-3-2-6(5-12)4-8(7)11/h2-4H,1H3. The first kappa shape index (κ1) is 10.9. The Balaban J connectivity index is 3.13. The molecule has 0 aliphatic heterocycles. The quantitative estimate of drug-likeness (QED) is 0.413. The molecular weight excluding hydrogens is 201 g/mol. The normalized spacial score (nSPS) is 9.13. The highest BCUT2D eigenvalue weighted by Crippen LogP contribution is 2.11. The maximum atomic E-state index is 13.2. The highest BCUT2D eigenvalue weighted by molar-refractivity contribution is 6.40. The van der Waals surface area contributed by atoms with Gasteiger partial charge in [-0.15, -0.1) is 0 Å². The predicted molar refractivity (Wildman–Crippen MR) is 47.5 cm³/mol. The number of benzene rings is 1. The van der Waals surface area contributed by atoms with Crippen LogP contribution in [0.1, 0.15) is 15.9 Å². The summed E-state index contributed by atoms with van der Waals surface area (Å²) in [7, 11) is 1.03. The summed E-state index contributed by atoms with van der Waals surface area (Å²) in [5.41, 5.74) is -0.324. The van der Waals surface area contributed by atoms with Gasteiger partial charge in [-0.05, 0) is 18.2 Å². The van der Waals surface area contributed by atoms with Gasteiger partial charge in [-0.3, -0.25) is 4.79 Å². The Labute approximate surface area is 84.9 Å². The van der Waals surface area contributed by atoms with Gasteiger partial charge < -0.3 is 4.74 Å². The summed E-state index contributed by atoms with van der Waals surface area (Å²) in [5.74, 6) is -3.12. The third kappa shape index (κ3) is 2.17. The van der Waals surface area contributed by atoms with Crippen LogP contribution in [-0.2, 0) is 9.53 Å². The van der Waals surface area contributed by atoms with Gasteiger partial charge in [-0.1, -0.05) is 0 Å². The van der Waals surface area contributed by atoms with Gasteiger partial charge >= 0.3 is 5.97 Å². The topological polar surface area (TPSA) is 67.2 Å². The Hall–Kier alpha value is -2.22. The number of methoxy groups -OCH3 is 1. The largest absolute Gasteiger partial charge is 0.463 e. The van der Waals surface area contributed by atoms with E-state index >= 15 is 0 Å². The van der Waals surface area contributed by atoms with Crippen LogP contribution in [0.2, 0.25) is 0 Å². The molecule has 5 heteroatoms. The highest BCUT2D eigenvalue weighted by atomic mass is 19.1. The molecule has 0 spiro atoms. The van der Waals surface area contributed by atoms with Crippen LogP contribution in [0, 0.1) is 17.1 Å². The zero-order valence-corrected chi connectivity index (χ0v) is 7.78. The zero-order chi connectivity index (χ0) is 11.4. The van der Waals surface area contributed by atoms with E-state index in [-0.39, 0.29) is 5.56 Å². The Bertz CT molecular complexity index is 462. The number of Topliss-reactive ketones (excluding diaryl/α,β-unsaturated/α-hetero) is 1. The molecule has 15 heavy (non-hydrogen) atoms. The van der Waals surface area contributed by atoms with E-state index in [1.165, 1.54) is 6.07 Å². The van der Waals surface area contributed by atoms with E-state index in [9.17, 15) is 14.0 Å². The van der Waals surface area contributed by atoms with Crippen molar-refractivity contribution >= 4 is 11.8 Å². The van der Waals surface area contributed by atoms with Crippen LogP contribution in [-0.4, -0.2) is 18.9 Å². The van der Waals surface area contributed by atoms with Crippen molar-refractivity contribution in [2.75, 3.05) is 7.11 Å². The molecule has 0 heterocycles. The smallest absolute Gasteiger partial charge is 0.379 e. The molecule has 0 amide bonds. The number of nitriles is 1. The van der Waals surface area contributed by atoms with E-state index in [1.807, 2.05) is 0 Å². The van der Waals surface area contributed by atoms with E-state index < -0.39 is 23.1 Å². The summed E-state index contributed by atoms with van der Waals surface area (Å²) in [5, 5.41) is 8.45. The van der Waals surface area contributed by atoms with Gasteiger partial charge in [0, 0.05) is 0 Å². The molecule has 0 saturated carbocycles. The summed E-state index contributed by atoms with van der Waals surface area (Å²) in [4.78, 5) is 22.0. The minimum Gasteiger partial charge on any atom is -0.463 e. The maximum absolute atomic E-state index is 13.2. The van der Waals surface area contributed by atoms with Crippen LogP contribution in [0.3, 0.4) is 0 Å². The van der Waals surface area contributed by atoms with Crippen LogP contribution in [0.25, 0.3) is 0 Å². The van der Waals surface area contributed by atoms with Crippen molar-refractivity contribution in [3.8, 4) is 6.07 Å². The monoisotopic (exact) mass is 207 g/mol. The molecule has 4 nitrogen and oxygen atoms in total. The average molecular weight is 207 g/mol. The molecule has 0 aromatic heterocycles. The SMILES string of the molecule is COC(=O)C(=O)c1ccc(C#N)cc1F. The number of esters is 1. The Kier molecular flexibility index (Phi) is 3.13. The molecule has 1 rings (SSSR count). The third-order valence-electron chi connectivity index (χ3n) is 1.71. The number of hydrogen-bond donors (Lipinski definition) is 0.